The zero-order chi connectivity index (χ0) is 12.3. The van der Waals surface area contributed by atoms with Crippen LogP contribution in [0.2, 0.25) is 0 Å². The largest absolute Gasteiger partial charge is 0.325 e. The number of hydrogen-bond donors (Lipinski definition) is 2. The highest BCUT2D eigenvalue weighted by atomic mass is 79.9. The standard InChI is InChI=1S/C9H11BrN2O3S/c1-6-4-7(16(11,14)15)2-3-8(6)12-9(13)5-10/h2-4H,5H2,1H3,(H,12,13)(H2,11,14,15). The molecular formula is C9H11BrN2O3S. The Hall–Kier alpha value is -0.920. The fraction of sp³-hybridized carbons (Fsp3) is 0.222. The molecule has 5 nitrogen and oxygen atoms in total. The Labute approximate surface area is 102 Å². The van der Waals surface area contributed by atoms with Gasteiger partial charge in [0.05, 0.1) is 10.2 Å². The van der Waals surface area contributed by atoms with Crippen molar-refractivity contribution in [2.75, 3.05) is 10.6 Å². The van der Waals surface area contributed by atoms with Gasteiger partial charge < -0.3 is 5.32 Å². The molecule has 0 saturated carbocycles. The van der Waals surface area contributed by atoms with Gasteiger partial charge in [-0.15, -0.1) is 0 Å². The summed E-state index contributed by atoms with van der Waals surface area (Å²) in [4.78, 5) is 11.1. The average molecular weight is 307 g/mol. The van der Waals surface area contributed by atoms with Crippen molar-refractivity contribution < 1.29 is 13.2 Å². The van der Waals surface area contributed by atoms with Crippen LogP contribution in [0.3, 0.4) is 0 Å². The van der Waals surface area contributed by atoms with E-state index in [2.05, 4.69) is 21.2 Å². The number of nitrogens with two attached hydrogens (primary N) is 1. The van der Waals surface area contributed by atoms with Gasteiger partial charge >= 0.3 is 0 Å². The number of carbonyl (C=O) groups excluding carboxylic acids is 1. The topological polar surface area (TPSA) is 89.3 Å². The lowest BCUT2D eigenvalue weighted by Crippen LogP contribution is -2.15. The Balaban J connectivity index is 3.06. The van der Waals surface area contributed by atoms with Gasteiger partial charge in [-0.1, -0.05) is 15.9 Å². The summed E-state index contributed by atoms with van der Waals surface area (Å²) in [6.07, 6.45) is 0. The third-order valence-electron chi connectivity index (χ3n) is 1.92. The van der Waals surface area contributed by atoms with Gasteiger partial charge in [-0.05, 0) is 30.7 Å². The van der Waals surface area contributed by atoms with E-state index in [9.17, 15) is 13.2 Å². The SMILES string of the molecule is Cc1cc(S(N)(=O)=O)ccc1NC(=O)CBr. The van der Waals surface area contributed by atoms with Gasteiger partial charge in [0.1, 0.15) is 0 Å². The minimum atomic E-state index is -3.70. The molecule has 0 radical (unpaired) electrons. The second-order valence-corrected chi connectivity index (χ2v) is 5.33. The van der Waals surface area contributed by atoms with E-state index in [-0.39, 0.29) is 16.1 Å². The zero-order valence-electron chi connectivity index (χ0n) is 8.53. The Morgan fingerprint density at radius 2 is 2.12 bits per heavy atom. The van der Waals surface area contributed by atoms with Crippen molar-refractivity contribution in [2.45, 2.75) is 11.8 Å². The van der Waals surface area contributed by atoms with E-state index in [1.807, 2.05) is 0 Å². The van der Waals surface area contributed by atoms with Crippen LogP contribution in [0.1, 0.15) is 5.56 Å². The van der Waals surface area contributed by atoms with Gasteiger partial charge in [-0.2, -0.15) is 0 Å². The van der Waals surface area contributed by atoms with Gasteiger partial charge in [-0.25, -0.2) is 13.6 Å². The van der Waals surface area contributed by atoms with Crippen LogP contribution < -0.4 is 10.5 Å². The third-order valence-corrected chi connectivity index (χ3v) is 3.34. The molecule has 3 N–H and O–H groups in total. The maximum absolute atomic E-state index is 11.1. The molecule has 7 heteroatoms. The minimum Gasteiger partial charge on any atom is -0.325 e. The smallest absolute Gasteiger partial charge is 0.238 e. The number of rotatable bonds is 3. The van der Waals surface area contributed by atoms with E-state index >= 15 is 0 Å². The molecule has 88 valence electrons. The number of anilines is 1. The first kappa shape index (κ1) is 13.1. The number of carbonyl (C=O) groups is 1. The number of primary sulfonamides is 1. The van der Waals surface area contributed by atoms with Gasteiger partial charge in [0.2, 0.25) is 15.9 Å². The highest BCUT2D eigenvalue weighted by Crippen LogP contribution is 2.18. The number of aryl methyl sites for hydroxylation is 1. The van der Waals surface area contributed by atoms with Gasteiger partial charge in [0.15, 0.2) is 0 Å². The number of alkyl halides is 1. The Morgan fingerprint density at radius 1 is 1.50 bits per heavy atom. The van der Waals surface area contributed by atoms with Gasteiger partial charge in [0.25, 0.3) is 0 Å². The monoisotopic (exact) mass is 306 g/mol. The first-order valence-corrected chi connectivity index (χ1v) is 7.00. The van der Waals surface area contributed by atoms with Crippen molar-refractivity contribution in [3.8, 4) is 0 Å². The van der Waals surface area contributed by atoms with Gasteiger partial charge in [-0.3, -0.25) is 4.79 Å². The summed E-state index contributed by atoms with van der Waals surface area (Å²) in [5, 5.41) is 7.78. The molecule has 0 spiro atoms. The van der Waals surface area contributed by atoms with Crippen LogP contribution in [-0.4, -0.2) is 19.7 Å². The van der Waals surface area contributed by atoms with Crippen molar-refractivity contribution in [2.24, 2.45) is 5.14 Å². The molecule has 0 fully saturated rings. The fourth-order valence-corrected chi connectivity index (χ4v) is 1.88. The summed E-state index contributed by atoms with van der Waals surface area (Å²) in [5.41, 5.74) is 1.21. The van der Waals surface area contributed by atoms with E-state index < -0.39 is 10.0 Å². The van der Waals surface area contributed by atoms with Crippen LogP contribution in [-0.2, 0) is 14.8 Å². The van der Waals surface area contributed by atoms with E-state index in [0.717, 1.165) is 0 Å². The molecule has 0 atom stereocenters. The van der Waals surface area contributed by atoms with E-state index in [0.29, 0.717) is 11.3 Å². The molecule has 1 aromatic rings. The van der Waals surface area contributed by atoms with Crippen LogP contribution in [0, 0.1) is 6.92 Å². The van der Waals surface area contributed by atoms with Crippen LogP contribution in [0.5, 0.6) is 0 Å². The highest BCUT2D eigenvalue weighted by Gasteiger charge is 2.10. The molecule has 0 aromatic heterocycles. The molecule has 1 rings (SSSR count). The second kappa shape index (κ2) is 4.94. The third kappa shape index (κ3) is 3.29. The van der Waals surface area contributed by atoms with Crippen LogP contribution >= 0.6 is 15.9 Å². The van der Waals surface area contributed by atoms with Crippen LogP contribution in [0.4, 0.5) is 5.69 Å². The molecule has 0 aliphatic carbocycles. The highest BCUT2D eigenvalue weighted by molar-refractivity contribution is 9.09. The van der Waals surface area contributed by atoms with E-state index in [4.69, 9.17) is 5.14 Å². The number of benzene rings is 1. The van der Waals surface area contributed by atoms with Crippen LogP contribution in [0.15, 0.2) is 23.1 Å². The summed E-state index contributed by atoms with van der Waals surface area (Å²) in [6, 6.07) is 4.28. The molecular weight excluding hydrogens is 296 g/mol. The summed E-state index contributed by atoms with van der Waals surface area (Å²) in [7, 11) is -3.70. The van der Waals surface area contributed by atoms with E-state index in [1.54, 1.807) is 6.92 Å². The number of halogens is 1. The molecule has 16 heavy (non-hydrogen) atoms. The Morgan fingerprint density at radius 3 is 2.56 bits per heavy atom. The molecule has 1 aromatic carbocycles. The Bertz CT molecular complexity index is 513. The van der Waals surface area contributed by atoms with Crippen molar-refractivity contribution in [3.05, 3.63) is 23.8 Å². The molecule has 0 aliphatic rings. The first-order valence-electron chi connectivity index (χ1n) is 4.34. The number of sulfonamides is 1. The lowest BCUT2D eigenvalue weighted by Gasteiger charge is -2.08. The molecule has 0 heterocycles. The number of nitrogens with one attached hydrogen (secondary N) is 1. The summed E-state index contributed by atoms with van der Waals surface area (Å²) in [6.45, 7) is 1.69. The minimum absolute atomic E-state index is 0.0295. The molecule has 0 aliphatic heterocycles. The number of amides is 1. The summed E-state index contributed by atoms with van der Waals surface area (Å²) < 4.78 is 22.1. The molecule has 0 saturated heterocycles. The lowest BCUT2D eigenvalue weighted by molar-refractivity contribution is -0.113. The Kier molecular flexibility index (Phi) is 4.06. The molecule has 0 unspecified atom stereocenters. The fourth-order valence-electron chi connectivity index (χ4n) is 1.14. The maximum atomic E-state index is 11.1. The predicted octanol–water partition coefficient (Wildman–Crippen LogP) is 0.976. The van der Waals surface area contributed by atoms with Crippen molar-refractivity contribution in [3.63, 3.8) is 0 Å². The zero-order valence-corrected chi connectivity index (χ0v) is 10.9. The first-order chi connectivity index (χ1) is 7.34. The maximum Gasteiger partial charge on any atom is 0.238 e. The number of hydrogen-bond acceptors (Lipinski definition) is 3. The lowest BCUT2D eigenvalue weighted by atomic mass is 10.2. The van der Waals surface area contributed by atoms with Crippen molar-refractivity contribution >= 4 is 37.5 Å². The quantitative estimate of drug-likeness (QED) is 0.816. The van der Waals surface area contributed by atoms with Crippen molar-refractivity contribution in [1.82, 2.24) is 0 Å². The van der Waals surface area contributed by atoms with E-state index in [1.165, 1.54) is 18.2 Å². The van der Waals surface area contributed by atoms with Gasteiger partial charge in [0, 0.05) is 5.69 Å². The molecule has 1 amide bonds. The molecule has 0 bridgehead atoms. The second-order valence-electron chi connectivity index (χ2n) is 3.20. The normalized spacial score (nSPS) is 11.2. The van der Waals surface area contributed by atoms with Crippen LogP contribution in [0.25, 0.3) is 0 Å². The average Bonchev–Trinajstić information content (AvgIpc) is 2.19. The summed E-state index contributed by atoms with van der Waals surface area (Å²) in [5.74, 6) is -0.202. The summed E-state index contributed by atoms with van der Waals surface area (Å²) >= 11 is 3.02. The predicted molar refractivity (Wildman–Crippen MR) is 65.0 cm³/mol. The van der Waals surface area contributed by atoms with Crippen molar-refractivity contribution in [1.29, 1.82) is 0 Å².